The highest BCUT2D eigenvalue weighted by molar-refractivity contribution is 6.25. The molecule has 4 heterocycles. The second-order valence-corrected chi connectivity index (χ2v) is 9.47. The molecular weight excluding hydrogens is 442 g/mol. The van der Waals surface area contributed by atoms with Gasteiger partial charge in [0.25, 0.3) is 0 Å². The van der Waals surface area contributed by atoms with Crippen molar-refractivity contribution < 1.29 is 4.42 Å². The van der Waals surface area contributed by atoms with E-state index < -0.39 is 0 Å². The van der Waals surface area contributed by atoms with E-state index in [4.69, 9.17) is 14.4 Å². The maximum Gasteiger partial charge on any atom is 0.165 e. The van der Waals surface area contributed by atoms with Gasteiger partial charge in [-0.05, 0) is 41.5 Å². The lowest BCUT2D eigenvalue weighted by atomic mass is 10.0. The molecule has 4 heteroatoms. The van der Waals surface area contributed by atoms with E-state index >= 15 is 0 Å². The normalized spacial score (nSPS) is 12.4. The van der Waals surface area contributed by atoms with E-state index in [0.29, 0.717) is 0 Å². The minimum absolute atomic E-state index is 0.880. The Bertz CT molecular complexity index is 2310. The van der Waals surface area contributed by atoms with E-state index in [1.165, 1.54) is 21.9 Å². The highest BCUT2D eigenvalue weighted by Gasteiger charge is 2.21. The summed E-state index contributed by atoms with van der Waals surface area (Å²) in [5, 5.41) is 5.81. The second kappa shape index (κ2) is 6.37. The predicted molar refractivity (Wildman–Crippen MR) is 147 cm³/mol. The molecule has 0 amide bonds. The van der Waals surface area contributed by atoms with Crippen LogP contribution in [0.5, 0.6) is 0 Å². The molecule has 0 aliphatic rings. The highest BCUT2D eigenvalue weighted by atomic mass is 16.3. The van der Waals surface area contributed by atoms with E-state index in [2.05, 4.69) is 77.2 Å². The molecule has 36 heavy (non-hydrogen) atoms. The van der Waals surface area contributed by atoms with Crippen LogP contribution in [0.4, 0.5) is 0 Å². The van der Waals surface area contributed by atoms with Crippen molar-refractivity contribution >= 4 is 71.3 Å². The van der Waals surface area contributed by atoms with Crippen LogP contribution in [0.1, 0.15) is 0 Å². The minimum Gasteiger partial charge on any atom is -0.456 e. The molecule has 0 spiro atoms. The molecule has 4 nitrogen and oxygen atoms in total. The number of fused-ring (bicyclic) bond motifs is 10. The van der Waals surface area contributed by atoms with Crippen LogP contribution in [-0.4, -0.2) is 14.4 Å². The van der Waals surface area contributed by atoms with E-state index in [-0.39, 0.29) is 0 Å². The van der Waals surface area contributed by atoms with Crippen molar-refractivity contribution in [3.05, 3.63) is 103 Å². The number of nitrogens with zero attached hydrogens (tertiary/aromatic N) is 3. The van der Waals surface area contributed by atoms with Crippen molar-refractivity contribution in [2.45, 2.75) is 0 Å². The van der Waals surface area contributed by atoms with Crippen LogP contribution in [0.25, 0.3) is 82.5 Å². The summed E-state index contributed by atoms with van der Waals surface area (Å²) >= 11 is 0. The summed E-state index contributed by atoms with van der Waals surface area (Å²) in [6.45, 7) is 0. The molecule has 0 fully saturated rings. The molecule has 0 unspecified atom stereocenters. The van der Waals surface area contributed by atoms with Crippen LogP contribution in [0.15, 0.2) is 108 Å². The van der Waals surface area contributed by atoms with Gasteiger partial charge in [-0.25, -0.2) is 9.97 Å². The molecular formula is C32H17N3O. The van der Waals surface area contributed by atoms with Crippen molar-refractivity contribution in [2.75, 3.05) is 0 Å². The number of furan rings is 1. The first-order chi connectivity index (χ1) is 17.8. The lowest BCUT2D eigenvalue weighted by Gasteiger charge is -2.01. The van der Waals surface area contributed by atoms with E-state index in [9.17, 15) is 0 Å². The Hall–Kier alpha value is -4.96. The summed E-state index contributed by atoms with van der Waals surface area (Å²) in [6, 6.07) is 35.9. The summed E-state index contributed by atoms with van der Waals surface area (Å²) in [6.07, 6.45) is 0. The number of hydrogen-bond donors (Lipinski definition) is 0. The zero-order valence-electron chi connectivity index (χ0n) is 19.1. The fourth-order valence-electron chi connectivity index (χ4n) is 5.88. The van der Waals surface area contributed by atoms with Gasteiger partial charge >= 0.3 is 0 Å². The number of aromatic nitrogens is 3. The van der Waals surface area contributed by atoms with Gasteiger partial charge in [0.05, 0.1) is 22.1 Å². The number of para-hydroxylation sites is 3. The van der Waals surface area contributed by atoms with Crippen LogP contribution in [0, 0.1) is 0 Å². The molecule has 9 aromatic rings. The van der Waals surface area contributed by atoms with Crippen LogP contribution in [0.3, 0.4) is 0 Å². The molecule has 0 radical (unpaired) electrons. The molecule has 0 N–H and O–H groups in total. The number of benzene rings is 5. The summed E-state index contributed by atoms with van der Waals surface area (Å²) in [4.78, 5) is 10.1. The third kappa shape index (κ3) is 2.24. The molecule has 4 aromatic heterocycles. The predicted octanol–water partition coefficient (Wildman–Crippen LogP) is 8.35. The van der Waals surface area contributed by atoms with Gasteiger partial charge in [-0.2, -0.15) is 0 Å². The summed E-state index contributed by atoms with van der Waals surface area (Å²) in [7, 11) is 0. The Morgan fingerprint density at radius 1 is 0.528 bits per heavy atom. The monoisotopic (exact) mass is 459 g/mol. The first kappa shape index (κ1) is 18.4. The van der Waals surface area contributed by atoms with Gasteiger partial charge in [0.15, 0.2) is 5.65 Å². The highest BCUT2D eigenvalue weighted by Crippen LogP contribution is 2.41. The Kier molecular flexibility index (Phi) is 3.25. The zero-order valence-corrected chi connectivity index (χ0v) is 19.1. The van der Waals surface area contributed by atoms with E-state index in [0.717, 1.165) is 60.6 Å². The zero-order chi connectivity index (χ0) is 23.4. The Morgan fingerprint density at radius 2 is 1.31 bits per heavy atom. The maximum atomic E-state index is 6.44. The van der Waals surface area contributed by atoms with Crippen molar-refractivity contribution in [3.8, 4) is 11.1 Å². The molecule has 0 bridgehead atoms. The smallest absolute Gasteiger partial charge is 0.165 e. The molecule has 5 aromatic carbocycles. The van der Waals surface area contributed by atoms with Gasteiger partial charge in [0.1, 0.15) is 16.7 Å². The van der Waals surface area contributed by atoms with Crippen LogP contribution < -0.4 is 0 Å². The van der Waals surface area contributed by atoms with Crippen LogP contribution >= 0.6 is 0 Å². The van der Waals surface area contributed by atoms with Crippen molar-refractivity contribution in [3.63, 3.8) is 0 Å². The Labute approximate surface area is 204 Å². The largest absolute Gasteiger partial charge is 0.456 e. The molecule has 0 aliphatic heterocycles. The topological polar surface area (TPSA) is 43.3 Å². The summed E-state index contributed by atoms with van der Waals surface area (Å²) in [5.41, 5.74) is 10.0. The fraction of sp³-hybridized carbons (Fsp3) is 0. The van der Waals surface area contributed by atoms with Gasteiger partial charge in [0.2, 0.25) is 0 Å². The first-order valence-corrected chi connectivity index (χ1v) is 12.1. The molecule has 0 aliphatic carbocycles. The summed E-state index contributed by atoms with van der Waals surface area (Å²) < 4.78 is 8.70. The van der Waals surface area contributed by atoms with Crippen molar-refractivity contribution in [1.82, 2.24) is 14.4 Å². The lowest BCUT2D eigenvalue weighted by Crippen LogP contribution is -1.88. The van der Waals surface area contributed by atoms with Crippen molar-refractivity contribution in [1.29, 1.82) is 0 Å². The minimum atomic E-state index is 0.880. The van der Waals surface area contributed by atoms with Gasteiger partial charge in [-0.1, -0.05) is 66.7 Å². The Morgan fingerprint density at radius 3 is 2.19 bits per heavy atom. The van der Waals surface area contributed by atoms with E-state index in [1.807, 2.05) is 30.3 Å². The SMILES string of the molecule is c1ccc(-c2ccc3c(c2)oc2cc4c(cc23)c2cccc3c5nc6ccccc6nc5n4c23)cc1. The quantitative estimate of drug-likeness (QED) is 0.248. The molecule has 9 rings (SSSR count). The van der Waals surface area contributed by atoms with Crippen LogP contribution in [-0.2, 0) is 0 Å². The van der Waals surface area contributed by atoms with Gasteiger partial charge in [-0.3, -0.25) is 4.40 Å². The standard InChI is InChI=1S/C32H17N3O/c1-2-7-18(8-3-1)19-13-14-20-24-16-23-21-9-6-10-22-30-32(34-26-12-5-4-11-25(26)33-30)35(31(21)22)27(23)17-29(24)36-28(20)15-19/h1-17H. The molecule has 0 saturated carbocycles. The lowest BCUT2D eigenvalue weighted by molar-refractivity contribution is 0.669. The van der Waals surface area contributed by atoms with Crippen LogP contribution in [0.2, 0.25) is 0 Å². The molecule has 0 atom stereocenters. The average molecular weight is 460 g/mol. The second-order valence-electron chi connectivity index (χ2n) is 9.47. The van der Waals surface area contributed by atoms with Gasteiger partial charge in [-0.15, -0.1) is 0 Å². The third-order valence-electron chi connectivity index (χ3n) is 7.51. The van der Waals surface area contributed by atoms with Gasteiger partial charge in [0, 0.05) is 33.0 Å². The molecule has 166 valence electrons. The summed E-state index contributed by atoms with van der Waals surface area (Å²) in [5.74, 6) is 0. The third-order valence-corrected chi connectivity index (χ3v) is 7.51. The van der Waals surface area contributed by atoms with E-state index in [1.54, 1.807) is 0 Å². The molecule has 0 saturated heterocycles. The Balaban J connectivity index is 1.41. The number of rotatable bonds is 1. The average Bonchev–Trinajstić information content (AvgIpc) is 3.56. The fourth-order valence-corrected chi connectivity index (χ4v) is 5.88. The number of hydrogen-bond acceptors (Lipinski definition) is 3. The van der Waals surface area contributed by atoms with Crippen molar-refractivity contribution in [2.24, 2.45) is 0 Å². The maximum absolute atomic E-state index is 6.44. The van der Waals surface area contributed by atoms with Gasteiger partial charge < -0.3 is 4.42 Å². The first-order valence-electron chi connectivity index (χ1n) is 12.1.